The normalized spacial score (nSPS) is 14.9. The van der Waals surface area contributed by atoms with Gasteiger partial charge in [0.1, 0.15) is 13.2 Å². The fourth-order valence-corrected chi connectivity index (χ4v) is 7.42. The number of hydrogen-bond acceptors (Lipinski definition) is 4. The Balaban J connectivity index is 1.47. The van der Waals surface area contributed by atoms with Gasteiger partial charge >= 0.3 is 0 Å². The van der Waals surface area contributed by atoms with E-state index in [0.29, 0.717) is 13.2 Å². The minimum absolute atomic E-state index is 0.00493. The lowest BCUT2D eigenvalue weighted by atomic mass is 9.33. The second kappa shape index (κ2) is 10.2. The van der Waals surface area contributed by atoms with E-state index in [-0.39, 0.29) is 17.5 Å². The van der Waals surface area contributed by atoms with Crippen molar-refractivity contribution in [3.63, 3.8) is 0 Å². The van der Waals surface area contributed by atoms with Crippen molar-refractivity contribution in [2.24, 2.45) is 0 Å². The molecule has 0 radical (unpaired) electrons. The van der Waals surface area contributed by atoms with Crippen LogP contribution in [0.4, 0.5) is 34.1 Å². The molecule has 4 nitrogen and oxygen atoms in total. The molecule has 3 aliphatic heterocycles. The van der Waals surface area contributed by atoms with Crippen molar-refractivity contribution >= 4 is 57.2 Å². The second-order valence-corrected chi connectivity index (χ2v) is 15.0. The third-order valence-electron chi connectivity index (χ3n) is 9.75. The fraction of sp³-hybridized carbons (Fsp3) is 0.268. The molecular formula is C41H41BN2O2. The van der Waals surface area contributed by atoms with Crippen molar-refractivity contribution in [2.45, 2.75) is 59.3 Å². The van der Waals surface area contributed by atoms with Crippen molar-refractivity contribution in [1.82, 2.24) is 0 Å². The van der Waals surface area contributed by atoms with Gasteiger partial charge in [0, 0.05) is 28.4 Å². The van der Waals surface area contributed by atoms with Crippen molar-refractivity contribution in [3.05, 3.63) is 114 Å². The summed E-state index contributed by atoms with van der Waals surface area (Å²) in [5.41, 5.74) is 14.8. The zero-order chi connectivity index (χ0) is 32.0. The Bertz CT molecular complexity index is 1990. The van der Waals surface area contributed by atoms with Crippen molar-refractivity contribution < 1.29 is 9.47 Å². The highest BCUT2D eigenvalue weighted by Crippen LogP contribution is 2.50. The van der Waals surface area contributed by atoms with Crippen molar-refractivity contribution in [1.29, 1.82) is 0 Å². The standard InChI is InChI=1S/C41H41BN2O2/c1-26-23-34-37-35(24-26)44(29-11-9-8-10-12-29)38-31(18-20-36-39(38)46-22-21-45-36)42(37)32-25-28(41(5,6)7)15-19-33(32)43(34)30-16-13-27(14-17-30)40(2,3)4/h8-20,23-25H,21-22H2,1-7H3. The van der Waals surface area contributed by atoms with E-state index in [1.807, 2.05) is 0 Å². The Hall–Kier alpha value is -4.64. The van der Waals surface area contributed by atoms with Crippen LogP contribution in [0.25, 0.3) is 0 Å². The lowest BCUT2D eigenvalue weighted by Gasteiger charge is -2.45. The monoisotopic (exact) mass is 604 g/mol. The summed E-state index contributed by atoms with van der Waals surface area (Å²) in [6.45, 7) is 17.1. The SMILES string of the molecule is Cc1cc2c3c(c1)N(c1ccccc1)c1c(ccc4c1OCCO4)B3c1cc(C(C)(C)C)ccc1N2c1ccc(C(C)(C)C)cc1. The van der Waals surface area contributed by atoms with Crippen LogP contribution in [0.2, 0.25) is 0 Å². The average Bonchev–Trinajstić information content (AvgIpc) is 3.03. The Morgan fingerprint density at radius 2 is 1.22 bits per heavy atom. The zero-order valence-corrected chi connectivity index (χ0v) is 27.9. The van der Waals surface area contributed by atoms with E-state index in [2.05, 4.69) is 155 Å². The van der Waals surface area contributed by atoms with Crippen LogP contribution in [-0.4, -0.2) is 19.9 Å². The molecule has 0 aliphatic carbocycles. The molecule has 0 saturated heterocycles. The molecule has 3 heterocycles. The highest BCUT2D eigenvalue weighted by atomic mass is 16.6. The number of fused-ring (bicyclic) bond motifs is 6. The van der Waals surface area contributed by atoms with Crippen molar-refractivity contribution in [2.75, 3.05) is 23.0 Å². The Morgan fingerprint density at radius 1 is 0.587 bits per heavy atom. The molecule has 0 fully saturated rings. The molecule has 5 aromatic rings. The number of anilines is 6. The third kappa shape index (κ3) is 4.43. The molecule has 5 aromatic carbocycles. The van der Waals surface area contributed by atoms with Crippen LogP contribution in [0.5, 0.6) is 11.5 Å². The Morgan fingerprint density at radius 3 is 1.91 bits per heavy atom. The van der Waals surface area contributed by atoms with Crippen LogP contribution in [0, 0.1) is 6.92 Å². The van der Waals surface area contributed by atoms with E-state index in [4.69, 9.17) is 9.47 Å². The summed E-state index contributed by atoms with van der Waals surface area (Å²) < 4.78 is 12.7. The predicted molar refractivity (Wildman–Crippen MR) is 194 cm³/mol. The molecular weight excluding hydrogens is 563 g/mol. The maximum absolute atomic E-state index is 6.48. The van der Waals surface area contributed by atoms with Crippen LogP contribution in [0.15, 0.2) is 97.1 Å². The summed E-state index contributed by atoms with van der Waals surface area (Å²) in [5.74, 6) is 1.64. The number of rotatable bonds is 2. The largest absolute Gasteiger partial charge is 0.486 e. The number of hydrogen-bond donors (Lipinski definition) is 0. The number of ether oxygens (including phenoxy) is 2. The lowest BCUT2D eigenvalue weighted by molar-refractivity contribution is 0.172. The van der Waals surface area contributed by atoms with Gasteiger partial charge in [-0.05, 0) is 99.4 Å². The number of nitrogens with zero attached hydrogens (tertiary/aromatic N) is 2. The highest BCUT2D eigenvalue weighted by Gasteiger charge is 2.45. The smallest absolute Gasteiger partial charge is 0.252 e. The van der Waals surface area contributed by atoms with Crippen LogP contribution in [-0.2, 0) is 10.8 Å². The number of aryl methyl sites for hydroxylation is 1. The van der Waals surface area contributed by atoms with Gasteiger partial charge in [0.2, 0.25) is 0 Å². The summed E-state index contributed by atoms with van der Waals surface area (Å²) in [7, 11) is 0. The first-order chi connectivity index (χ1) is 22.0. The number of para-hydroxylation sites is 1. The van der Waals surface area contributed by atoms with Crippen LogP contribution < -0.4 is 35.7 Å². The van der Waals surface area contributed by atoms with Gasteiger partial charge in [-0.15, -0.1) is 0 Å². The van der Waals surface area contributed by atoms with E-state index in [1.54, 1.807) is 0 Å². The van der Waals surface area contributed by atoms with Crippen LogP contribution >= 0.6 is 0 Å². The number of benzene rings is 5. The van der Waals surface area contributed by atoms with Gasteiger partial charge in [0.05, 0.1) is 5.69 Å². The van der Waals surface area contributed by atoms with E-state index in [9.17, 15) is 0 Å². The molecule has 0 bridgehead atoms. The summed E-state index contributed by atoms with van der Waals surface area (Å²) in [6, 6.07) is 36.1. The molecule has 0 N–H and O–H groups in total. The molecule has 0 atom stereocenters. The topological polar surface area (TPSA) is 24.9 Å². The van der Waals surface area contributed by atoms with Crippen molar-refractivity contribution in [3.8, 4) is 11.5 Å². The fourth-order valence-electron chi connectivity index (χ4n) is 7.42. The molecule has 5 heteroatoms. The molecule has 3 aliphatic rings. The summed E-state index contributed by atoms with van der Waals surface area (Å²) >= 11 is 0. The van der Waals surface area contributed by atoms with Gasteiger partial charge in [-0.1, -0.05) is 90.1 Å². The first-order valence-electron chi connectivity index (χ1n) is 16.5. The molecule has 0 unspecified atom stereocenters. The Labute approximate surface area is 273 Å². The first-order valence-corrected chi connectivity index (χ1v) is 16.5. The summed E-state index contributed by atoms with van der Waals surface area (Å²) in [4.78, 5) is 4.90. The highest BCUT2D eigenvalue weighted by molar-refractivity contribution is 7.00. The van der Waals surface area contributed by atoms with E-state index in [1.165, 1.54) is 55.8 Å². The van der Waals surface area contributed by atoms with E-state index in [0.717, 1.165) is 22.9 Å². The maximum Gasteiger partial charge on any atom is 0.252 e. The van der Waals surface area contributed by atoms with E-state index >= 15 is 0 Å². The van der Waals surface area contributed by atoms with E-state index < -0.39 is 0 Å². The molecule has 0 spiro atoms. The minimum Gasteiger partial charge on any atom is -0.486 e. The van der Waals surface area contributed by atoms with Gasteiger partial charge in [-0.25, -0.2) is 0 Å². The lowest BCUT2D eigenvalue weighted by Crippen LogP contribution is -2.61. The van der Waals surface area contributed by atoms with Gasteiger partial charge in [-0.2, -0.15) is 0 Å². The molecule has 46 heavy (non-hydrogen) atoms. The molecule has 0 amide bonds. The van der Waals surface area contributed by atoms with Gasteiger partial charge in [-0.3, -0.25) is 0 Å². The molecule has 230 valence electrons. The molecule has 8 rings (SSSR count). The maximum atomic E-state index is 6.48. The molecule has 0 aromatic heterocycles. The van der Waals surface area contributed by atoms with Gasteiger partial charge in [0.15, 0.2) is 11.5 Å². The Kier molecular flexibility index (Phi) is 6.38. The summed E-state index contributed by atoms with van der Waals surface area (Å²) in [6.07, 6.45) is 0. The predicted octanol–water partition coefficient (Wildman–Crippen LogP) is 8.44. The summed E-state index contributed by atoms with van der Waals surface area (Å²) in [5, 5.41) is 0. The zero-order valence-electron chi connectivity index (χ0n) is 27.9. The third-order valence-corrected chi connectivity index (χ3v) is 9.75. The van der Waals surface area contributed by atoms with Gasteiger partial charge in [0.25, 0.3) is 6.71 Å². The molecule has 0 saturated carbocycles. The van der Waals surface area contributed by atoms with Crippen LogP contribution in [0.3, 0.4) is 0 Å². The van der Waals surface area contributed by atoms with Crippen LogP contribution in [0.1, 0.15) is 58.2 Å². The average molecular weight is 605 g/mol. The first kappa shape index (κ1) is 28.8. The quantitative estimate of drug-likeness (QED) is 0.185. The minimum atomic E-state index is 0.00493. The van der Waals surface area contributed by atoms with Gasteiger partial charge < -0.3 is 19.3 Å². The second-order valence-electron chi connectivity index (χ2n) is 15.0.